The van der Waals surface area contributed by atoms with E-state index >= 15 is 0 Å². The molecule has 0 aliphatic rings. The van der Waals surface area contributed by atoms with Crippen LogP contribution in [-0.2, 0) is 0 Å². The number of hydrogen-bond acceptors (Lipinski definition) is 2. The van der Waals surface area contributed by atoms with Crippen LogP contribution in [0.1, 0.15) is 24.0 Å². The van der Waals surface area contributed by atoms with E-state index < -0.39 is 0 Å². The van der Waals surface area contributed by atoms with E-state index in [2.05, 4.69) is 0 Å². The lowest BCUT2D eigenvalue weighted by molar-refractivity contribution is 0.273. The highest BCUT2D eigenvalue weighted by molar-refractivity contribution is 6.31. The minimum Gasteiger partial charge on any atom is -0.396 e. The predicted molar refractivity (Wildman–Crippen MR) is 51.7 cm³/mol. The van der Waals surface area contributed by atoms with Gasteiger partial charge < -0.3 is 5.11 Å². The zero-order valence-electron chi connectivity index (χ0n) is 7.29. The van der Waals surface area contributed by atoms with Crippen LogP contribution in [0.5, 0.6) is 0 Å². The summed E-state index contributed by atoms with van der Waals surface area (Å²) in [7, 11) is 0. The first kappa shape index (κ1) is 10.0. The Balaban J connectivity index is 3.08. The molecule has 0 fully saturated rings. The quantitative estimate of drug-likeness (QED) is 0.787. The monoisotopic (exact) mass is 195 g/mol. The van der Waals surface area contributed by atoms with Crippen molar-refractivity contribution >= 4 is 11.6 Å². The molecule has 2 nitrogen and oxygen atoms in total. The maximum atomic E-state index is 8.91. The van der Waals surface area contributed by atoms with Gasteiger partial charge in [0.05, 0.1) is 10.6 Å². The average molecular weight is 196 g/mol. The van der Waals surface area contributed by atoms with Crippen molar-refractivity contribution in [2.24, 2.45) is 0 Å². The standard InChI is InChI=1S/C10H10ClNO/c1-7(6-13)8-2-3-10(11)9(4-8)5-12/h2-4,7,13H,6H2,1H3. The Morgan fingerprint density at radius 2 is 2.31 bits per heavy atom. The van der Waals surface area contributed by atoms with Gasteiger partial charge >= 0.3 is 0 Å². The fourth-order valence-electron chi connectivity index (χ4n) is 1.04. The van der Waals surface area contributed by atoms with Gasteiger partial charge in [0.15, 0.2) is 0 Å². The van der Waals surface area contributed by atoms with Gasteiger partial charge in [-0.05, 0) is 17.7 Å². The maximum Gasteiger partial charge on any atom is 0.101 e. The van der Waals surface area contributed by atoms with Crippen LogP contribution < -0.4 is 0 Å². The lowest BCUT2D eigenvalue weighted by atomic mass is 10.0. The smallest absolute Gasteiger partial charge is 0.101 e. The molecule has 0 aliphatic carbocycles. The Morgan fingerprint density at radius 3 is 2.85 bits per heavy atom. The molecule has 68 valence electrons. The van der Waals surface area contributed by atoms with Crippen molar-refractivity contribution in [1.29, 1.82) is 5.26 Å². The maximum absolute atomic E-state index is 8.91. The van der Waals surface area contributed by atoms with Gasteiger partial charge in [0.1, 0.15) is 6.07 Å². The van der Waals surface area contributed by atoms with Crippen LogP contribution in [0.15, 0.2) is 18.2 Å². The molecule has 0 spiro atoms. The summed E-state index contributed by atoms with van der Waals surface area (Å²) in [5.41, 5.74) is 1.39. The number of nitrogens with zero attached hydrogens (tertiary/aromatic N) is 1. The Morgan fingerprint density at radius 1 is 1.62 bits per heavy atom. The molecule has 1 aromatic carbocycles. The molecule has 0 saturated heterocycles. The molecule has 1 unspecified atom stereocenters. The molecule has 0 saturated carbocycles. The SMILES string of the molecule is CC(CO)c1ccc(Cl)c(C#N)c1. The Labute approximate surface area is 82.4 Å². The van der Waals surface area contributed by atoms with Crippen molar-refractivity contribution in [3.8, 4) is 6.07 Å². The minimum atomic E-state index is 0.0457. The molecule has 0 radical (unpaired) electrons. The topological polar surface area (TPSA) is 44.0 Å². The van der Waals surface area contributed by atoms with E-state index in [0.717, 1.165) is 5.56 Å². The van der Waals surface area contributed by atoms with Crippen molar-refractivity contribution in [2.45, 2.75) is 12.8 Å². The first-order valence-electron chi connectivity index (χ1n) is 3.99. The van der Waals surface area contributed by atoms with Crippen LogP contribution in [0, 0.1) is 11.3 Å². The number of hydrogen-bond donors (Lipinski definition) is 1. The summed E-state index contributed by atoms with van der Waals surface area (Å²) in [6.45, 7) is 1.97. The van der Waals surface area contributed by atoms with E-state index in [1.54, 1.807) is 12.1 Å². The van der Waals surface area contributed by atoms with Crippen molar-refractivity contribution < 1.29 is 5.11 Å². The van der Waals surface area contributed by atoms with E-state index in [1.807, 2.05) is 19.1 Å². The minimum absolute atomic E-state index is 0.0457. The first-order valence-corrected chi connectivity index (χ1v) is 4.37. The molecule has 0 aliphatic heterocycles. The molecular weight excluding hydrogens is 186 g/mol. The molecule has 0 heterocycles. The van der Waals surface area contributed by atoms with Gasteiger partial charge in [-0.15, -0.1) is 0 Å². The Kier molecular flexibility index (Phi) is 3.30. The molecule has 1 N–H and O–H groups in total. The molecule has 0 bridgehead atoms. The van der Waals surface area contributed by atoms with E-state index in [-0.39, 0.29) is 12.5 Å². The largest absolute Gasteiger partial charge is 0.396 e. The lowest BCUT2D eigenvalue weighted by Gasteiger charge is -2.08. The molecule has 13 heavy (non-hydrogen) atoms. The second-order valence-corrected chi connectivity index (χ2v) is 3.34. The second-order valence-electron chi connectivity index (χ2n) is 2.93. The van der Waals surface area contributed by atoms with Gasteiger partial charge in [0.2, 0.25) is 0 Å². The normalized spacial score (nSPS) is 12.2. The highest BCUT2D eigenvalue weighted by atomic mass is 35.5. The zero-order chi connectivity index (χ0) is 9.84. The van der Waals surface area contributed by atoms with E-state index in [0.29, 0.717) is 10.6 Å². The van der Waals surface area contributed by atoms with Crippen LogP contribution >= 0.6 is 11.6 Å². The lowest BCUT2D eigenvalue weighted by Crippen LogP contribution is -1.99. The third kappa shape index (κ3) is 2.21. The molecule has 3 heteroatoms. The van der Waals surface area contributed by atoms with Gasteiger partial charge in [-0.2, -0.15) is 5.26 Å². The number of aliphatic hydroxyl groups excluding tert-OH is 1. The molecule has 1 rings (SSSR count). The highest BCUT2D eigenvalue weighted by Crippen LogP contribution is 2.21. The molecular formula is C10H10ClNO. The van der Waals surface area contributed by atoms with Gasteiger partial charge in [-0.1, -0.05) is 24.6 Å². The van der Waals surface area contributed by atoms with E-state index in [9.17, 15) is 0 Å². The third-order valence-electron chi connectivity index (χ3n) is 1.95. The predicted octanol–water partition coefficient (Wildman–Crippen LogP) is 2.31. The third-order valence-corrected chi connectivity index (χ3v) is 2.28. The van der Waals surface area contributed by atoms with Crippen LogP contribution in [-0.4, -0.2) is 11.7 Å². The molecule has 1 aromatic rings. The summed E-state index contributed by atoms with van der Waals surface area (Å²) >= 11 is 5.76. The van der Waals surface area contributed by atoms with E-state index in [1.165, 1.54) is 0 Å². The first-order chi connectivity index (χ1) is 6.19. The van der Waals surface area contributed by atoms with Crippen LogP contribution in [0.25, 0.3) is 0 Å². The number of halogens is 1. The van der Waals surface area contributed by atoms with Gasteiger partial charge in [-0.3, -0.25) is 0 Å². The Hall–Kier alpha value is -1.04. The summed E-state index contributed by atoms with van der Waals surface area (Å²) in [5, 5.41) is 18.1. The summed E-state index contributed by atoms with van der Waals surface area (Å²) in [6.07, 6.45) is 0. The summed E-state index contributed by atoms with van der Waals surface area (Å²) in [5.74, 6) is 0.0457. The van der Waals surface area contributed by atoms with Crippen LogP contribution in [0.3, 0.4) is 0 Å². The van der Waals surface area contributed by atoms with Gasteiger partial charge in [0, 0.05) is 12.5 Å². The molecule has 0 aromatic heterocycles. The fraction of sp³-hybridized carbons (Fsp3) is 0.300. The van der Waals surface area contributed by atoms with Crippen molar-refractivity contribution in [3.05, 3.63) is 34.3 Å². The number of rotatable bonds is 2. The summed E-state index contributed by atoms with van der Waals surface area (Å²) in [4.78, 5) is 0. The van der Waals surface area contributed by atoms with Crippen molar-refractivity contribution in [1.82, 2.24) is 0 Å². The number of nitriles is 1. The fourth-order valence-corrected chi connectivity index (χ4v) is 1.20. The van der Waals surface area contributed by atoms with E-state index in [4.69, 9.17) is 22.0 Å². The van der Waals surface area contributed by atoms with Crippen molar-refractivity contribution in [3.63, 3.8) is 0 Å². The van der Waals surface area contributed by atoms with Crippen LogP contribution in [0.2, 0.25) is 5.02 Å². The Bertz CT molecular complexity index is 343. The zero-order valence-corrected chi connectivity index (χ0v) is 8.04. The molecule has 1 atom stereocenters. The second kappa shape index (κ2) is 4.27. The number of aliphatic hydroxyl groups is 1. The van der Waals surface area contributed by atoms with Gasteiger partial charge in [-0.25, -0.2) is 0 Å². The van der Waals surface area contributed by atoms with Gasteiger partial charge in [0.25, 0.3) is 0 Å². The molecule has 0 amide bonds. The van der Waals surface area contributed by atoms with Crippen molar-refractivity contribution in [2.75, 3.05) is 6.61 Å². The summed E-state index contributed by atoms with van der Waals surface area (Å²) < 4.78 is 0. The van der Waals surface area contributed by atoms with Crippen LogP contribution in [0.4, 0.5) is 0 Å². The average Bonchev–Trinajstić information content (AvgIpc) is 2.17. The summed E-state index contributed by atoms with van der Waals surface area (Å²) in [6, 6.07) is 7.22. The highest BCUT2D eigenvalue weighted by Gasteiger charge is 2.06. The number of benzene rings is 1.